The Balaban J connectivity index is 2.01. The highest BCUT2D eigenvalue weighted by Crippen LogP contribution is 2.42. The average Bonchev–Trinajstić information content (AvgIpc) is 3.00. The molecule has 3 rings (SSSR count). The molecule has 1 aliphatic rings. The molecule has 0 saturated carbocycles. The van der Waals surface area contributed by atoms with E-state index < -0.39 is 10.0 Å². The van der Waals surface area contributed by atoms with Crippen LogP contribution in [0.2, 0.25) is 10.0 Å². The van der Waals surface area contributed by atoms with Crippen molar-refractivity contribution in [3.63, 3.8) is 0 Å². The number of halogens is 2. The first-order chi connectivity index (χ1) is 10.9. The van der Waals surface area contributed by atoms with Gasteiger partial charge in [-0.25, -0.2) is 8.42 Å². The van der Waals surface area contributed by atoms with Crippen LogP contribution in [-0.2, 0) is 10.0 Å². The third-order valence-corrected chi connectivity index (χ3v) is 7.67. The number of hydrogen-bond acceptors (Lipinski definition) is 3. The van der Waals surface area contributed by atoms with Crippen molar-refractivity contribution in [2.75, 3.05) is 12.3 Å². The van der Waals surface area contributed by atoms with E-state index in [1.807, 2.05) is 31.2 Å². The summed E-state index contributed by atoms with van der Waals surface area (Å²) in [5.41, 5.74) is 2.11. The zero-order valence-corrected chi connectivity index (χ0v) is 15.5. The van der Waals surface area contributed by atoms with Crippen LogP contribution in [0.3, 0.4) is 0 Å². The fourth-order valence-corrected chi connectivity index (χ4v) is 6.48. The van der Waals surface area contributed by atoms with Crippen molar-refractivity contribution in [2.24, 2.45) is 0 Å². The Bertz CT molecular complexity index is 822. The minimum absolute atomic E-state index is 0.0614. The minimum atomic E-state index is -3.70. The minimum Gasteiger partial charge on any atom is -0.207 e. The maximum absolute atomic E-state index is 13.0. The van der Waals surface area contributed by atoms with Crippen molar-refractivity contribution in [2.45, 2.75) is 17.2 Å². The largest absolute Gasteiger partial charge is 0.245 e. The van der Waals surface area contributed by atoms with Crippen molar-refractivity contribution < 1.29 is 8.42 Å². The van der Waals surface area contributed by atoms with Crippen LogP contribution < -0.4 is 0 Å². The maximum Gasteiger partial charge on any atom is 0.245 e. The predicted molar refractivity (Wildman–Crippen MR) is 96.7 cm³/mol. The Morgan fingerprint density at radius 1 is 1.13 bits per heavy atom. The van der Waals surface area contributed by atoms with Gasteiger partial charge < -0.3 is 0 Å². The maximum atomic E-state index is 13.0. The molecule has 1 unspecified atom stereocenters. The summed E-state index contributed by atoms with van der Waals surface area (Å²) in [6.45, 7) is 2.46. The standard InChI is InChI=1S/C16H15Cl2NO2S2/c1-11-2-4-12(5-3-11)16-19(8-9-22-16)23(20,21)15-10-13(17)6-7-14(15)18/h2-7,10,16H,8-9H2,1H3. The van der Waals surface area contributed by atoms with Crippen LogP contribution in [0, 0.1) is 6.92 Å². The predicted octanol–water partition coefficient (Wildman–Crippen LogP) is 4.74. The summed E-state index contributed by atoms with van der Waals surface area (Å²) < 4.78 is 27.6. The molecular formula is C16H15Cl2NO2S2. The average molecular weight is 388 g/mol. The molecule has 23 heavy (non-hydrogen) atoms. The molecule has 1 saturated heterocycles. The van der Waals surface area contributed by atoms with E-state index in [2.05, 4.69) is 0 Å². The van der Waals surface area contributed by atoms with Crippen LogP contribution in [0.1, 0.15) is 16.5 Å². The highest BCUT2D eigenvalue weighted by Gasteiger charge is 2.37. The van der Waals surface area contributed by atoms with E-state index in [1.54, 1.807) is 17.8 Å². The summed E-state index contributed by atoms with van der Waals surface area (Å²) in [7, 11) is -3.70. The fourth-order valence-electron chi connectivity index (χ4n) is 2.50. The van der Waals surface area contributed by atoms with Gasteiger partial charge in [0.2, 0.25) is 10.0 Å². The molecule has 0 aliphatic carbocycles. The van der Waals surface area contributed by atoms with Crippen LogP contribution in [0.25, 0.3) is 0 Å². The van der Waals surface area contributed by atoms with E-state index in [1.165, 1.54) is 16.4 Å². The molecule has 3 nitrogen and oxygen atoms in total. The topological polar surface area (TPSA) is 37.4 Å². The smallest absolute Gasteiger partial charge is 0.207 e. The van der Waals surface area contributed by atoms with Crippen molar-refractivity contribution >= 4 is 45.0 Å². The van der Waals surface area contributed by atoms with Gasteiger partial charge in [-0.2, -0.15) is 4.31 Å². The molecule has 7 heteroatoms. The normalized spacial score (nSPS) is 19.2. The highest BCUT2D eigenvalue weighted by molar-refractivity contribution is 8.01. The molecular weight excluding hydrogens is 373 g/mol. The van der Waals surface area contributed by atoms with E-state index in [4.69, 9.17) is 23.2 Å². The van der Waals surface area contributed by atoms with Crippen molar-refractivity contribution in [3.05, 3.63) is 63.6 Å². The lowest BCUT2D eigenvalue weighted by Crippen LogP contribution is -2.30. The summed E-state index contributed by atoms with van der Waals surface area (Å²) in [4.78, 5) is 0.0614. The molecule has 1 fully saturated rings. The molecule has 2 aromatic rings. The molecule has 0 amide bonds. The van der Waals surface area contributed by atoms with Gasteiger partial charge >= 0.3 is 0 Å². The monoisotopic (exact) mass is 387 g/mol. The number of aryl methyl sites for hydroxylation is 1. The zero-order valence-electron chi connectivity index (χ0n) is 12.4. The summed E-state index contributed by atoms with van der Waals surface area (Å²) in [5, 5.41) is 0.302. The summed E-state index contributed by atoms with van der Waals surface area (Å²) in [5.74, 6) is 0.746. The molecule has 122 valence electrons. The molecule has 0 aromatic heterocycles. The molecule has 0 N–H and O–H groups in total. The van der Waals surface area contributed by atoms with E-state index >= 15 is 0 Å². The lowest BCUT2D eigenvalue weighted by atomic mass is 10.1. The van der Waals surface area contributed by atoms with Crippen LogP contribution in [0.15, 0.2) is 47.4 Å². The number of nitrogens with zero attached hydrogens (tertiary/aromatic N) is 1. The Hall–Kier alpha value is -0.720. The molecule has 1 heterocycles. The number of benzene rings is 2. The van der Waals surface area contributed by atoms with Gasteiger partial charge in [0.25, 0.3) is 0 Å². The SMILES string of the molecule is Cc1ccc(C2SCCN2S(=O)(=O)c2cc(Cl)ccc2Cl)cc1. The highest BCUT2D eigenvalue weighted by atomic mass is 35.5. The molecule has 1 aliphatic heterocycles. The van der Waals surface area contributed by atoms with E-state index in [0.29, 0.717) is 11.6 Å². The molecule has 0 spiro atoms. The van der Waals surface area contributed by atoms with Gasteiger partial charge in [-0.1, -0.05) is 53.0 Å². The molecule has 0 bridgehead atoms. The second-order valence-corrected chi connectivity index (χ2v) is 9.22. The lowest BCUT2D eigenvalue weighted by Gasteiger charge is -2.24. The van der Waals surface area contributed by atoms with Crippen LogP contribution in [0.4, 0.5) is 0 Å². The summed E-state index contributed by atoms with van der Waals surface area (Å²) in [6, 6.07) is 12.4. The van der Waals surface area contributed by atoms with Gasteiger partial charge in [-0.05, 0) is 30.7 Å². The summed E-state index contributed by atoms with van der Waals surface area (Å²) >= 11 is 13.7. The van der Waals surface area contributed by atoms with Crippen molar-refractivity contribution in [1.29, 1.82) is 0 Å². The Kier molecular flexibility index (Phi) is 4.95. The Morgan fingerprint density at radius 3 is 2.52 bits per heavy atom. The number of hydrogen-bond donors (Lipinski definition) is 0. The molecule has 0 radical (unpaired) electrons. The third-order valence-electron chi connectivity index (χ3n) is 3.69. The zero-order chi connectivity index (χ0) is 16.6. The van der Waals surface area contributed by atoms with E-state index in [9.17, 15) is 8.42 Å². The first-order valence-corrected chi connectivity index (χ1v) is 10.3. The number of rotatable bonds is 3. The quantitative estimate of drug-likeness (QED) is 0.762. The van der Waals surface area contributed by atoms with E-state index in [-0.39, 0.29) is 15.3 Å². The van der Waals surface area contributed by atoms with Gasteiger partial charge in [0.15, 0.2) is 0 Å². The lowest BCUT2D eigenvalue weighted by molar-refractivity contribution is 0.434. The van der Waals surface area contributed by atoms with Gasteiger partial charge in [-0.3, -0.25) is 0 Å². The van der Waals surface area contributed by atoms with Crippen molar-refractivity contribution in [3.8, 4) is 0 Å². The van der Waals surface area contributed by atoms with Crippen molar-refractivity contribution in [1.82, 2.24) is 4.31 Å². The second kappa shape index (κ2) is 6.65. The Labute approximate surface area is 150 Å². The van der Waals surface area contributed by atoms with Crippen LogP contribution >= 0.6 is 35.0 Å². The van der Waals surface area contributed by atoms with Gasteiger partial charge in [0.05, 0.1) is 10.4 Å². The third kappa shape index (κ3) is 3.39. The van der Waals surface area contributed by atoms with Crippen LogP contribution in [-0.4, -0.2) is 25.0 Å². The van der Waals surface area contributed by atoms with E-state index in [0.717, 1.165) is 16.9 Å². The number of thioether (sulfide) groups is 1. The van der Waals surface area contributed by atoms with Gasteiger partial charge in [-0.15, -0.1) is 11.8 Å². The van der Waals surface area contributed by atoms with Gasteiger partial charge in [0.1, 0.15) is 4.90 Å². The van der Waals surface area contributed by atoms with Gasteiger partial charge in [0, 0.05) is 17.3 Å². The first-order valence-electron chi connectivity index (χ1n) is 7.04. The number of sulfonamides is 1. The fraction of sp³-hybridized carbons (Fsp3) is 0.250. The first kappa shape index (κ1) is 17.1. The summed E-state index contributed by atoms with van der Waals surface area (Å²) in [6.07, 6.45) is 0. The Morgan fingerprint density at radius 2 is 1.83 bits per heavy atom. The van der Waals surface area contributed by atoms with Crippen LogP contribution in [0.5, 0.6) is 0 Å². The molecule has 2 aromatic carbocycles. The molecule has 1 atom stereocenters. The second-order valence-electron chi connectivity index (χ2n) is 5.32.